The Morgan fingerprint density at radius 3 is 2.88 bits per heavy atom. The molecule has 1 atom stereocenters. The summed E-state index contributed by atoms with van der Waals surface area (Å²) >= 11 is 1.82. The summed E-state index contributed by atoms with van der Waals surface area (Å²) < 4.78 is 7.37. The van der Waals surface area contributed by atoms with Crippen LogP contribution in [-0.4, -0.2) is 56.6 Å². The van der Waals surface area contributed by atoms with Gasteiger partial charge in [-0.25, -0.2) is 0 Å². The molecule has 1 N–H and O–H groups in total. The van der Waals surface area contributed by atoms with Gasteiger partial charge in [-0.15, -0.1) is 11.3 Å². The van der Waals surface area contributed by atoms with Gasteiger partial charge in [-0.1, -0.05) is 13.0 Å². The molecule has 0 aliphatic carbocycles. The first-order valence-corrected chi connectivity index (χ1v) is 12.5. The summed E-state index contributed by atoms with van der Waals surface area (Å²) in [6.07, 6.45) is 1.60. The maximum absolute atomic E-state index is 11.9. The fourth-order valence-electron chi connectivity index (χ4n) is 4.78. The fourth-order valence-corrected chi connectivity index (χ4v) is 5.59. The number of ether oxygens (including phenoxy) is 1. The Kier molecular flexibility index (Phi) is 6.32. The minimum Gasteiger partial charge on any atom is -0.494 e. The number of hydrogen-bond donors (Lipinski definition) is 1. The number of nitrogens with one attached hydrogen (secondary N) is 1. The number of hydrogen-bond acceptors (Lipinski definition) is 6. The lowest BCUT2D eigenvalue weighted by atomic mass is 10.0. The standard InChI is InChI=1S/C26H31N3O2S/c1-19(8-15-31-20-5-6-21-23(17-20)27-10-7-25(21)30)18-28-11-13-29(14-12-28)24-3-2-4-26-22(24)9-16-32-26/h2-6,9,16-17,19,27H,7-8,10-15,18H2,1H3. The number of rotatable bonds is 7. The predicted octanol–water partition coefficient (Wildman–Crippen LogP) is 5.13. The summed E-state index contributed by atoms with van der Waals surface area (Å²) in [5.74, 6) is 1.64. The van der Waals surface area contributed by atoms with Crippen molar-refractivity contribution in [3.8, 4) is 5.75 Å². The van der Waals surface area contributed by atoms with Crippen molar-refractivity contribution >= 4 is 38.6 Å². The summed E-state index contributed by atoms with van der Waals surface area (Å²) in [6.45, 7) is 9.22. The molecule has 5 rings (SSSR count). The van der Waals surface area contributed by atoms with Crippen LogP contribution in [0.1, 0.15) is 30.1 Å². The highest BCUT2D eigenvalue weighted by Crippen LogP contribution is 2.31. The van der Waals surface area contributed by atoms with Crippen molar-refractivity contribution in [3.63, 3.8) is 0 Å². The SMILES string of the molecule is CC(CCOc1ccc2c(c1)NCCC2=O)CN1CCN(c2cccc3sccc23)CC1. The van der Waals surface area contributed by atoms with Gasteiger partial charge in [0.1, 0.15) is 5.75 Å². The van der Waals surface area contributed by atoms with Crippen molar-refractivity contribution in [2.45, 2.75) is 19.8 Å². The summed E-state index contributed by atoms with van der Waals surface area (Å²) in [5, 5.41) is 6.88. The van der Waals surface area contributed by atoms with E-state index in [4.69, 9.17) is 4.74 Å². The van der Waals surface area contributed by atoms with Gasteiger partial charge in [0.2, 0.25) is 0 Å². The topological polar surface area (TPSA) is 44.8 Å². The van der Waals surface area contributed by atoms with Crippen LogP contribution in [0, 0.1) is 5.92 Å². The van der Waals surface area contributed by atoms with Gasteiger partial charge >= 0.3 is 0 Å². The Morgan fingerprint density at radius 1 is 1.12 bits per heavy atom. The summed E-state index contributed by atoms with van der Waals surface area (Å²) in [4.78, 5) is 17.1. The molecule has 0 bridgehead atoms. The van der Waals surface area contributed by atoms with Crippen LogP contribution in [0.3, 0.4) is 0 Å². The van der Waals surface area contributed by atoms with Crippen molar-refractivity contribution in [2.75, 3.05) is 56.1 Å². The van der Waals surface area contributed by atoms with Crippen molar-refractivity contribution in [1.29, 1.82) is 0 Å². The van der Waals surface area contributed by atoms with E-state index in [2.05, 4.69) is 51.7 Å². The van der Waals surface area contributed by atoms with E-state index in [0.717, 1.165) is 56.1 Å². The van der Waals surface area contributed by atoms with E-state index in [9.17, 15) is 4.79 Å². The maximum atomic E-state index is 11.9. The van der Waals surface area contributed by atoms with E-state index in [1.807, 2.05) is 29.5 Å². The van der Waals surface area contributed by atoms with Gasteiger partial charge < -0.3 is 15.0 Å². The number of nitrogens with zero attached hydrogens (tertiary/aromatic N) is 2. The maximum Gasteiger partial charge on any atom is 0.166 e. The van der Waals surface area contributed by atoms with Gasteiger partial charge in [0.25, 0.3) is 0 Å². The highest BCUT2D eigenvalue weighted by atomic mass is 32.1. The third-order valence-electron chi connectivity index (χ3n) is 6.59. The second-order valence-electron chi connectivity index (χ2n) is 8.95. The third kappa shape index (κ3) is 4.62. The van der Waals surface area contributed by atoms with Crippen LogP contribution in [-0.2, 0) is 0 Å². The van der Waals surface area contributed by atoms with Crippen LogP contribution < -0.4 is 15.0 Å². The minimum atomic E-state index is 0.214. The molecule has 32 heavy (non-hydrogen) atoms. The number of fused-ring (bicyclic) bond motifs is 2. The molecule has 1 saturated heterocycles. The first kappa shape index (κ1) is 21.3. The lowest BCUT2D eigenvalue weighted by Crippen LogP contribution is -2.47. The number of piperazine rings is 1. The second kappa shape index (κ2) is 9.51. The number of Topliss-reactive ketones (excluding diaryl/α,β-unsaturated/α-hetero) is 1. The smallest absolute Gasteiger partial charge is 0.166 e. The average molecular weight is 450 g/mol. The molecule has 1 aromatic heterocycles. The van der Waals surface area contributed by atoms with E-state index < -0.39 is 0 Å². The van der Waals surface area contributed by atoms with Crippen LogP contribution in [0.25, 0.3) is 10.1 Å². The van der Waals surface area contributed by atoms with Gasteiger partial charge in [-0.05, 0) is 48.1 Å². The van der Waals surface area contributed by atoms with Crippen molar-refractivity contribution in [1.82, 2.24) is 4.90 Å². The number of thiophene rings is 1. The zero-order valence-electron chi connectivity index (χ0n) is 18.7. The molecular weight excluding hydrogens is 418 g/mol. The molecule has 0 amide bonds. The highest BCUT2D eigenvalue weighted by molar-refractivity contribution is 7.17. The Morgan fingerprint density at radius 2 is 2.00 bits per heavy atom. The van der Waals surface area contributed by atoms with Gasteiger partial charge in [0, 0.05) is 78.8 Å². The molecule has 2 aromatic carbocycles. The molecule has 2 aliphatic heterocycles. The molecule has 1 unspecified atom stereocenters. The van der Waals surface area contributed by atoms with E-state index in [1.165, 1.54) is 15.8 Å². The second-order valence-corrected chi connectivity index (χ2v) is 9.89. The van der Waals surface area contributed by atoms with E-state index in [0.29, 0.717) is 25.5 Å². The third-order valence-corrected chi connectivity index (χ3v) is 7.48. The first-order chi connectivity index (χ1) is 15.7. The number of anilines is 2. The average Bonchev–Trinajstić information content (AvgIpc) is 3.29. The van der Waals surface area contributed by atoms with Gasteiger partial charge in [0.15, 0.2) is 5.78 Å². The number of ketones is 1. The summed E-state index contributed by atoms with van der Waals surface area (Å²) in [6, 6.07) is 14.7. The van der Waals surface area contributed by atoms with Crippen molar-refractivity contribution < 1.29 is 9.53 Å². The Labute approximate surface area is 194 Å². The Bertz CT molecular complexity index is 1090. The number of benzene rings is 2. The van der Waals surface area contributed by atoms with E-state index in [-0.39, 0.29) is 5.78 Å². The fraction of sp³-hybridized carbons (Fsp3) is 0.423. The van der Waals surface area contributed by atoms with Crippen molar-refractivity contribution in [3.05, 3.63) is 53.4 Å². The molecule has 0 spiro atoms. The molecular formula is C26H31N3O2S. The Balaban J connectivity index is 1.07. The zero-order valence-corrected chi connectivity index (χ0v) is 19.5. The quantitative estimate of drug-likeness (QED) is 0.542. The van der Waals surface area contributed by atoms with Crippen LogP contribution >= 0.6 is 11.3 Å². The zero-order chi connectivity index (χ0) is 21.9. The van der Waals surface area contributed by atoms with Crippen LogP contribution in [0.15, 0.2) is 47.8 Å². The molecule has 5 nitrogen and oxygen atoms in total. The molecule has 168 valence electrons. The van der Waals surface area contributed by atoms with Gasteiger partial charge in [0.05, 0.1) is 6.61 Å². The molecule has 3 aromatic rings. The lowest BCUT2D eigenvalue weighted by Gasteiger charge is -2.37. The lowest BCUT2D eigenvalue weighted by molar-refractivity contribution is 0.0983. The van der Waals surface area contributed by atoms with Crippen LogP contribution in [0.2, 0.25) is 0 Å². The molecule has 6 heteroatoms. The molecule has 1 fully saturated rings. The Hall–Kier alpha value is -2.57. The number of carbonyl (C=O) groups excluding carboxylic acids is 1. The number of carbonyl (C=O) groups is 1. The molecule has 0 saturated carbocycles. The monoisotopic (exact) mass is 449 g/mol. The summed E-state index contributed by atoms with van der Waals surface area (Å²) in [5.41, 5.74) is 3.07. The van der Waals surface area contributed by atoms with Gasteiger partial charge in [-0.2, -0.15) is 0 Å². The molecule has 0 radical (unpaired) electrons. The molecule has 2 aliphatic rings. The van der Waals surface area contributed by atoms with Crippen LogP contribution in [0.5, 0.6) is 5.75 Å². The van der Waals surface area contributed by atoms with E-state index in [1.54, 1.807) is 0 Å². The van der Waals surface area contributed by atoms with Crippen LogP contribution in [0.4, 0.5) is 11.4 Å². The first-order valence-electron chi connectivity index (χ1n) is 11.6. The van der Waals surface area contributed by atoms with Gasteiger partial charge in [-0.3, -0.25) is 9.69 Å². The largest absolute Gasteiger partial charge is 0.494 e. The minimum absolute atomic E-state index is 0.214. The van der Waals surface area contributed by atoms with Crippen molar-refractivity contribution in [2.24, 2.45) is 5.92 Å². The van der Waals surface area contributed by atoms with E-state index >= 15 is 0 Å². The molecule has 3 heterocycles. The highest BCUT2D eigenvalue weighted by Gasteiger charge is 2.21. The predicted molar refractivity (Wildman–Crippen MR) is 134 cm³/mol. The normalized spacial score (nSPS) is 17.8. The summed E-state index contributed by atoms with van der Waals surface area (Å²) in [7, 11) is 0.